The van der Waals surface area contributed by atoms with Crippen LogP contribution >= 0.6 is 0 Å². The van der Waals surface area contributed by atoms with Gasteiger partial charge in [0.2, 0.25) is 5.91 Å². The van der Waals surface area contributed by atoms with Gasteiger partial charge < -0.3 is 9.64 Å². The fraction of sp³-hybridized carbons (Fsp3) is 0.412. The van der Waals surface area contributed by atoms with Crippen LogP contribution in [0.2, 0.25) is 0 Å². The van der Waals surface area contributed by atoms with Gasteiger partial charge in [-0.1, -0.05) is 31.2 Å². The molecule has 0 bridgehead atoms. The molecule has 0 atom stereocenters. The van der Waals surface area contributed by atoms with E-state index in [-0.39, 0.29) is 18.4 Å². The highest BCUT2D eigenvalue weighted by atomic mass is 16.5. The first-order chi connectivity index (χ1) is 10.1. The van der Waals surface area contributed by atoms with Crippen molar-refractivity contribution < 1.29 is 14.3 Å². The smallest absolute Gasteiger partial charge is 0.325 e. The fourth-order valence-corrected chi connectivity index (χ4v) is 1.94. The van der Waals surface area contributed by atoms with Crippen molar-refractivity contribution >= 4 is 18.0 Å². The van der Waals surface area contributed by atoms with Crippen LogP contribution < -0.4 is 0 Å². The third kappa shape index (κ3) is 5.81. The summed E-state index contributed by atoms with van der Waals surface area (Å²) in [6.07, 6.45) is 4.09. The number of aryl methyl sites for hydroxylation is 1. The molecule has 0 N–H and O–H groups in total. The monoisotopic (exact) mass is 289 g/mol. The Morgan fingerprint density at radius 1 is 1.24 bits per heavy atom. The maximum atomic E-state index is 12.2. The van der Waals surface area contributed by atoms with Crippen LogP contribution in [0.5, 0.6) is 0 Å². The second-order valence-electron chi connectivity index (χ2n) is 4.75. The van der Waals surface area contributed by atoms with E-state index in [4.69, 9.17) is 4.74 Å². The average Bonchev–Trinajstić information content (AvgIpc) is 2.46. The Hall–Kier alpha value is -2.10. The number of hydrogen-bond donors (Lipinski definition) is 0. The number of nitrogens with zero attached hydrogens (tertiary/aromatic N) is 1. The standard InChI is InChI=1S/C17H23NO3/c1-4-12-18(13-17(20)21-5-2)16(19)11-10-15-9-7-6-8-14(15)3/h6-11H,4-5,12-13H2,1-3H3/b11-10+. The molecule has 0 aliphatic heterocycles. The molecular weight excluding hydrogens is 266 g/mol. The minimum atomic E-state index is -0.372. The number of hydrogen-bond acceptors (Lipinski definition) is 3. The van der Waals surface area contributed by atoms with Gasteiger partial charge in [-0.05, 0) is 37.5 Å². The zero-order valence-corrected chi connectivity index (χ0v) is 13.0. The molecule has 114 valence electrons. The van der Waals surface area contributed by atoms with Crippen LogP contribution in [0.1, 0.15) is 31.4 Å². The van der Waals surface area contributed by atoms with Gasteiger partial charge in [-0.2, -0.15) is 0 Å². The highest BCUT2D eigenvalue weighted by Gasteiger charge is 2.14. The number of rotatable bonds is 7. The summed E-state index contributed by atoms with van der Waals surface area (Å²) >= 11 is 0. The minimum Gasteiger partial charge on any atom is -0.465 e. The van der Waals surface area contributed by atoms with Crippen molar-refractivity contribution in [2.24, 2.45) is 0 Å². The number of carbonyl (C=O) groups excluding carboxylic acids is 2. The summed E-state index contributed by atoms with van der Waals surface area (Å²) in [7, 11) is 0. The highest BCUT2D eigenvalue weighted by Crippen LogP contribution is 2.09. The van der Waals surface area contributed by atoms with Gasteiger partial charge in [0, 0.05) is 12.6 Å². The van der Waals surface area contributed by atoms with E-state index in [9.17, 15) is 9.59 Å². The van der Waals surface area contributed by atoms with Gasteiger partial charge in [0.25, 0.3) is 0 Å². The molecule has 21 heavy (non-hydrogen) atoms. The van der Waals surface area contributed by atoms with E-state index in [1.807, 2.05) is 38.1 Å². The predicted molar refractivity (Wildman–Crippen MR) is 83.7 cm³/mol. The quantitative estimate of drug-likeness (QED) is 0.573. The third-order valence-electron chi connectivity index (χ3n) is 3.02. The molecule has 0 fully saturated rings. The first kappa shape index (κ1) is 17.0. The van der Waals surface area contributed by atoms with Gasteiger partial charge in [-0.3, -0.25) is 9.59 Å². The number of carbonyl (C=O) groups is 2. The Bertz CT molecular complexity index is 509. The summed E-state index contributed by atoms with van der Waals surface area (Å²) in [6.45, 7) is 6.57. The minimum absolute atomic E-state index is 0.00136. The molecule has 4 nitrogen and oxygen atoms in total. The maximum Gasteiger partial charge on any atom is 0.325 e. The highest BCUT2D eigenvalue weighted by molar-refractivity contribution is 5.93. The maximum absolute atomic E-state index is 12.2. The number of ether oxygens (including phenoxy) is 1. The molecule has 4 heteroatoms. The van der Waals surface area contributed by atoms with Gasteiger partial charge in [-0.15, -0.1) is 0 Å². The Morgan fingerprint density at radius 3 is 2.57 bits per heavy atom. The van der Waals surface area contributed by atoms with E-state index in [2.05, 4.69) is 0 Å². The molecule has 0 aliphatic rings. The van der Waals surface area contributed by atoms with Crippen LogP contribution in [0.15, 0.2) is 30.3 Å². The van der Waals surface area contributed by atoms with Crippen LogP contribution in [0.4, 0.5) is 0 Å². The van der Waals surface area contributed by atoms with Crippen molar-refractivity contribution in [3.63, 3.8) is 0 Å². The normalized spacial score (nSPS) is 10.6. The predicted octanol–water partition coefficient (Wildman–Crippen LogP) is 2.81. The van der Waals surface area contributed by atoms with E-state index < -0.39 is 0 Å². The van der Waals surface area contributed by atoms with Crippen LogP contribution in [0, 0.1) is 6.92 Å². The van der Waals surface area contributed by atoms with E-state index in [1.54, 1.807) is 13.0 Å². The molecule has 1 amide bonds. The summed E-state index contributed by atoms with van der Waals surface area (Å²) in [5.41, 5.74) is 2.10. The lowest BCUT2D eigenvalue weighted by Gasteiger charge is -2.19. The zero-order valence-electron chi connectivity index (χ0n) is 13.0. The SMILES string of the molecule is CCCN(CC(=O)OCC)C(=O)/C=C/c1ccccc1C. The van der Waals surface area contributed by atoms with Gasteiger partial charge in [0.1, 0.15) is 6.54 Å². The topological polar surface area (TPSA) is 46.6 Å². The largest absolute Gasteiger partial charge is 0.465 e. The molecule has 1 rings (SSSR count). The molecule has 0 saturated heterocycles. The Morgan fingerprint density at radius 2 is 1.95 bits per heavy atom. The number of benzene rings is 1. The van der Waals surface area contributed by atoms with Crippen molar-refractivity contribution in [1.82, 2.24) is 4.90 Å². The number of amides is 1. The summed E-state index contributed by atoms with van der Waals surface area (Å²) in [6, 6.07) is 7.83. The van der Waals surface area contributed by atoms with E-state index in [0.29, 0.717) is 13.2 Å². The first-order valence-corrected chi connectivity index (χ1v) is 7.26. The summed E-state index contributed by atoms with van der Waals surface area (Å²) in [5.74, 6) is -0.545. The molecule has 1 aromatic carbocycles. The van der Waals surface area contributed by atoms with Crippen LogP contribution in [-0.2, 0) is 14.3 Å². The van der Waals surface area contributed by atoms with Crippen LogP contribution in [0.25, 0.3) is 6.08 Å². The zero-order chi connectivity index (χ0) is 15.7. The van der Waals surface area contributed by atoms with Crippen molar-refractivity contribution in [3.8, 4) is 0 Å². The van der Waals surface area contributed by atoms with Crippen molar-refractivity contribution in [3.05, 3.63) is 41.5 Å². The first-order valence-electron chi connectivity index (χ1n) is 7.26. The van der Waals surface area contributed by atoms with Crippen LogP contribution in [0.3, 0.4) is 0 Å². The summed E-state index contributed by atoms with van der Waals surface area (Å²) in [5, 5.41) is 0. The lowest BCUT2D eigenvalue weighted by atomic mass is 10.1. The average molecular weight is 289 g/mol. The molecule has 0 aliphatic carbocycles. The van der Waals surface area contributed by atoms with Crippen molar-refractivity contribution in [1.29, 1.82) is 0 Å². The molecule has 0 heterocycles. The summed E-state index contributed by atoms with van der Waals surface area (Å²) < 4.78 is 4.89. The molecule has 0 spiro atoms. The van der Waals surface area contributed by atoms with E-state index in [0.717, 1.165) is 17.5 Å². The molecule has 1 aromatic rings. The Labute approximate surface area is 126 Å². The van der Waals surface area contributed by atoms with Gasteiger partial charge >= 0.3 is 5.97 Å². The molecule has 0 unspecified atom stereocenters. The van der Waals surface area contributed by atoms with Crippen molar-refractivity contribution in [2.45, 2.75) is 27.2 Å². The third-order valence-corrected chi connectivity index (χ3v) is 3.02. The Balaban J connectivity index is 2.72. The second-order valence-corrected chi connectivity index (χ2v) is 4.75. The summed E-state index contributed by atoms with van der Waals surface area (Å²) in [4.78, 5) is 25.2. The van der Waals surface area contributed by atoms with Gasteiger partial charge in [0.15, 0.2) is 0 Å². The second kappa shape index (κ2) is 8.95. The molecule has 0 saturated carbocycles. The fourth-order valence-electron chi connectivity index (χ4n) is 1.94. The van der Waals surface area contributed by atoms with Crippen molar-refractivity contribution in [2.75, 3.05) is 19.7 Å². The van der Waals surface area contributed by atoms with Gasteiger partial charge in [-0.25, -0.2) is 0 Å². The molecular formula is C17H23NO3. The Kier molecular flexibility index (Phi) is 7.23. The lowest BCUT2D eigenvalue weighted by Crippen LogP contribution is -2.36. The number of esters is 1. The molecule has 0 aromatic heterocycles. The van der Waals surface area contributed by atoms with E-state index >= 15 is 0 Å². The van der Waals surface area contributed by atoms with E-state index in [1.165, 1.54) is 11.0 Å². The van der Waals surface area contributed by atoms with Crippen LogP contribution in [-0.4, -0.2) is 36.5 Å². The van der Waals surface area contributed by atoms with Gasteiger partial charge in [0.05, 0.1) is 6.61 Å². The lowest BCUT2D eigenvalue weighted by molar-refractivity contribution is -0.147. The molecule has 0 radical (unpaired) electrons.